The highest BCUT2D eigenvalue weighted by atomic mass is 16.4. The molecule has 1 atom stereocenters. The zero-order valence-electron chi connectivity index (χ0n) is 12.8. The Balaban J connectivity index is 4.58. The number of unbranched alkanes of at least 4 members (excludes halogenated alkanes) is 2. The first-order chi connectivity index (χ1) is 8.81. The van der Waals surface area contributed by atoms with E-state index in [2.05, 4.69) is 12.2 Å². The van der Waals surface area contributed by atoms with Crippen LogP contribution in [0.15, 0.2) is 0 Å². The molecule has 0 unspecified atom stereocenters. The summed E-state index contributed by atoms with van der Waals surface area (Å²) in [6, 6.07) is -1.05. The SMILES string of the molecule is CCCCCN(C(=O)N[C@H](C(=O)O)C(C)C)C(C)C. The fourth-order valence-corrected chi connectivity index (χ4v) is 1.86. The number of carbonyl (C=O) groups is 2. The van der Waals surface area contributed by atoms with E-state index in [0.29, 0.717) is 6.54 Å². The van der Waals surface area contributed by atoms with Gasteiger partial charge in [0.15, 0.2) is 0 Å². The highest BCUT2D eigenvalue weighted by Gasteiger charge is 2.26. The number of amides is 2. The van der Waals surface area contributed by atoms with Crippen molar-refractivity contribution in [3.8, 4) is 0 Å². The number of rotatable bonds is 8. The molecule has 2 N–H and O–H groups in total. The lowest BCUT2D eigenvalue weighted by molar-refractivity contribution is -0.140. The van der Waals surface area contributed by atoms with Crippen LogP contribution in [0, 0.1) is 5.92 Å². The molecule has 5 nitrogen and oxygen atoms in total. The predicted molar refractivity (Wildman–Crippen MR) is 76.2 cm³/mol. The fraction of sp³-hybridized carbons (Fsp3) is 0.857. The number of carboxylic acid groups (broad SMARTS) is 1. The van der Waals surface area contributed by atoms with Crippen molar-refractivity contribution in [2.75, 3.05) is 6.54 Å². The summed E-state index contributed by atoms with van der Waals surface area (Å²) < 4.78 is 0. The average Bonchev–Trinajstić information content (AvgIpc) is 2.30. The lowest BCUT2D eigenvalue weighted by atomic mass is 10.1. The normalized spacial score (nSPS) is 12.6. The number of nitrogens with zero attached hydrogens (tertiary/aromatic N) is 1. The van der Waals surface area contributed by atoms with Crippen LogP contribution in [-0.4, -0.2) is 40.6 Å². The van der Waals surface area contributed by atoms with Crippen molar-refractivity contribution in [3.05, 3.63) is 0 Å². The summed E-state index contributed by atoms with van der Waals surface area (Å²) in [7, 11) is 0. The van der Waals surface area contributed by atoms with E-state index in [1.807, 2.05) is 13.8 Å². The molecule has 19 heavy (non-hydrogen) atoms. The standard InChI is InChI=1S/C14H28N2O3/c1-6-7-8-9-16(11(4)5)14(19)15-12(10(2)3)13(17)18/h10-12H,6-9H2,1-5H3,(H,15,19)(H,17,18)/t12-/m0/s1. The number of hydrogen-bond donors (Lipinski definition) is 2. The van der Waals surface area contributed by atoms with E-state index in [9.17, 15) is 9.59 Å². The smallest absolute Gasteiger partial charge is 0.326 e. The van der Waals surface area contributed by atoms with Crippen LogP contribution in [0.2, 0.25) is 0 Å². The molecule has 0 aromatic carbocycles. The summed E-state index contributed by atoms with van der Waals surface area (Å²) >= 11 is 0. The molecule has 0 aliphatic heterocycles. The average molecular weight is 272 g/mol. The van der Waals surface area contributed by atoms with Crippen molar-refractivity contribution in [1.82, 2.24) is 10.2 Å². The zero-order chi connectivity index (χ0) is 15.0. The van der Waals surface area contributed by atoms with Gasteiger partial charge in [-0.25, -0.2) is 9.59 Å². The molecular weight excluding hydrogens is 244 g/mol. The molecule has 0 radical (unpaired) electrons. The lowest BCUT2D eigenvalue weighted by Gasteiger charge is -2.29. The largest absolute Gasteiger partial charge is 0.480 e. The number of urea groups is 1. The van der Waals surface area contributed by atoms with E-state index in [1.54, 1.807) is 18.7 Å². The third-order valence-electron chi connectivity index (χ3n) is 3.10. The Morgan fingerprint density at radius 2 is 1.74 bits per heavy atom. The third kappa shape index (κ3) is 6.45. The first-order valence-corrected chi connectivity index (χ1v) is 7.11. The van der Waals surface area contributed by atoms with Crippen molar-refractivity contribution < 1.29 is 14.7 Å². The quantitative estimate of drug-likeness (QED) is 0.667. The van der Waals surface area contributed by atoms with E-state index in [0.717, 1.165) is 19.3 Å². The van der Waals surface area contributed by atoms with Gasteiger partial charge in [0.2, 0.25) is 0 Å². The number of carbonyl (C=O) groups excluding carboxylic acids is 1. The van der Waals surface area contributed by atoms with Gasteiger partial charge < -0.3 is 15.3 Å². The maximum absolute atomic E-state index is 12.1. The number of carboxylic acids is 1. The highest BCUT2D eigenvalue weighted by molar-refractivity contribution is 5.82. The van der Waals surface area contributed by atoms with Gasteiger partial charge >= 0.3 is 12.0 Å². The van der Waals surface area contributed by atoms with Gasteiger partial charge in [0.1, 0.15) is 6.04 Å². The molecule has 0 spiro atoms. The van der Waals surface area contributed by atoms with Crippen molar-refractivity contribution >= 4 is 12.0 Å². The van der Waals surface area contributed by atoms with Crippen molar-refractivity contribution in [2.24, 2.45) is 5.92 Å². The summed E-state index contributed by atoms with van der Waals surface area (Å²) in [5.74, 6) is -1.12. The fourth-order valence-electron chi connectivity index (χ4n) is 1.86. The van der Waals surface area contributed by atoms with Gasteiger partial charge in [0.25, 0.3) is 0 Å². The number of nitrogens with one attached hydrogen (secondary N) is 1. The van der Waals surface area contributed by atoms with Crippen molar-refractivity contribution in [1.29, 1.82) is 0 Å². The summed E-state index contributed by atoms with van der Waals surface area (Å²) in [4.78, 5) is 24.9. The van der Waals surface area contributed by atoms with E-state index < -0.39 is 12.0 Å². The highest BCUT2D eigenvalue weighted by Crippen LogP contribution is 2.07. The van der Waals surface area contributed by atoms with Crippen LogP contribution in [0.1, 0.15) is 53.9 Å². The Morgan fingerprint density at radius 3 is 2.11 bits per heavy atom. The topological polar surface area (TPSA) is 69.6 Å². The second-order valence-corrected chi connectivity index (χ2v) is 5.50. The summed E-state index contributed by atoms with van der Waals surface area (Å²) in [6.07, 6.45) is 3.11. The van der Waals surface area contributed by atoms with E-state index in [4.69, 9.17) is 5.11 Å². The molecule has 0 bridgehead atoms. The summed E-state index contributed by atoms with van der Waals surface area (Å²) in [6.45, 7) is 10.2. The molecule has 0 aliphatic carbocycles. The maximum Gasteiger partial charge on any atom is 0.326 e. The number of aliphatic carboxylic acids is 1. The minimum Gasteiger partial charge on any atom is -0.480 e. The Labute approximate surface area is 116 Å². The van der Waals surface area contributed by atoms with Crippen LogP contribution in [0.25, 0.3) is 0 Å². The second-order valence-electron chi connectivity index (χ2n) is 5.50. The van der Waals surface area contributed by atoms with Gasteiger partial charge in [-0.2, -0.15) is 0 Å². The van der Waals surface area contributed by atoms with Crippen molar-refractivity contribution in [2.45, 2.75) is 66.0 Å². The van der Waals surface area contributed by atoms with Gasteiger partial charge in [0, 0.05) is 12.6 Å². The molecule has 5 heteroatoms. The van der Waals surface area contributed by atoms with Gasteiger partial charge in [-0.1, -0.05) is 33.6 Å². The summed E-state index contributed by atoms with van der Waals surface area (Å²) in [5, 5.41) is 11.7. The molecular formula is C14H28N2O3. The third-order valence-corrected chi connectivity index (χ3v) is 3.10. The minimum atomic E-state index is -0.986. The van der Waals surface area contributed by atoms with Crippen LogP contribution in [0.4, 0.5) is 4.79 Å². The Bertz CT molecular complexity index is 290. The molecule has 0 fully saturated rings. The molecule has 0 aromatic heterocycles. The Morgan fingerprint density at radius 1 is 1.16 bits per heavy atom. The maximum atomic E-state index is 12.1. The monoisotopic (exact) mass is 272 g/mol. The molecule has 0 saturated heterocycles. The van der Waals surface area contributed by atoms with Crippen LogP contribution >= 0.6 is 0 Å². The molecule has 0 saturated carbocycles. The lowest BCUT2D eigenvalue weighted by Crippen LogP contribution is -2.52. The predicted octanol–water partition coefficient (Wildman–Crippen LogP) is 2.71. The molecule has 0 heterocycles. The second kappa shape index (κ2) is 8.77. The molecule has 0 rings (SSSR count). The molecule has 0 aromatic rings. The van der Waals surface area contributed by atoms with Gasteiger partial charge in [-0.05, 0) is 26.2 Å². The van der Waals surface area contributed by atoms with E-state index in [-0.39, 0.29) is 18.0 Å². The first kappa shape index (κ1) is 17.7. The van der Waals surface area contributed by atoms with E-state index >= 15 is 0 Å². The summed E-state index contributed by atoms with van der Waals surface area (Å²) in [5.41, 5.74) is 0. The number of hydrogen-bond acceptors (Lipinski definition) is 2. The zero-order valence-corrected chi connectivity index (χ0v) is 12.8. The molecule has 112 valence electrons. The van der Waals surface area contributed by atoms with Crippen LogP contribution < -0.4 is 5.32 Å². The van der Waals surface area contributed by atoms with Crippen molar-refractivity contribution in [3.63, 3.8) is 0 Å². The minimum absolute atomic E-state index is 0.0680. The molecule has 0 aliphatic rings. The molecule has 2 amide bonds. The van der Waals surface area contributed by atoms with Gasteiger partial charge in [-0.3, -0.25) is 0 Å². The first-order valence-electron chi connectivity index (χ1n) is 7.11. The Hall–Kier alpha value is -1.26. The van der Waals surface area contributed by atoms with Crippen LogP contribution in [0.5, 0.6) is 0 Å². The van der Waals surface area contributed by atoms with Gasteiger partial charge in [0.05, 0.1) is 0 Å². The Kier molecular flexibility index (Phi) is 8.19. The van der Waals surface area contributed by atoms with Crippen LogP contribution in [0.3, 0.4) is 0 Å². The van der Waals surface area contributed by atoms with Gasteiger partial charge in [-0.15, -0.1) is 0 Å². The van der Waals surface area contributed by atoms with Crippen LogP contribution in [-0.2, 0) is 4.79 Å². The van der Waals surface area contributed by atoms with E-state index in [1.165, 1.54) is 0 Å².